The monoisotopic (exact) mass is 306 g/mol. The molecule has 0 aliphatic carbocycles. The number of hydrogen-bond acceptors (Lipinski definition) is 3. The molecule has 0 atom stereocenters. The van der Waals surface area contributed by atoms with Crippen LogP contribution in [0.25, 0.3) is 0 Å². The highest BCUT2D eigenvalue weighted by Crippen LogP contribution is 2.15. The van der Waals surface area contributed by atoms with Gasteiger partial charge in [-0.1, -0.05) is 28.1 Å². The normalized spacial score (nSPS) is 10.6. The summed E-state index contributed by atoms with van der Waals surface area (Å²) in [6.07, 6.45) is 0. The van der Waals surface area contributed by atoms with Crippen molar-refractivity contribution < 1.29 is 5.11 Å². The van der Waals surface area contributed by atoms with Gasteiger partial charge in [0.05, 0.1) is 5.69 Å². The van der Waals surface area contributed by atoms with Gasteiger partial charge in [-0.3, -0.25) is 4.98 Å². The first-order valence-electron chi connectivity index (χ1n) is 5.76. The van der Waals surface area contributed by atoms with Crippen LogP contribution >= 0.6 is 15.9 Å². The van der Waals surface area contributed by atoms with Crippen LogP contribution < -0.4 is 5.32 Å². The zero-order valence-corrected chi connectivity index (χ0v) is 11.7. The van der Waals surface area contributed by atoms with Gasteiger partial charge in [-0.05, 0) is 36.8 Å². The summed E-state index contributed by atoms with van der Waals surface area (Å²) in [5.41, 5.74) is 2.79. The lowest BCUT2D eigenvalue weighted by atomic mass is 10.2. The molecule has 18 heavy (non-hydrogen) atoms. The van der Waals surface area contributed by atoms with Gasteiger partial charge >= 0.3 is 0 Å². The van der Waals surface area contributed by atoms with Gasteiger partial charge < -0.3 is 10.4 Å². The number of aryl methyl sites for hydroxylation is 1. The molecule has 1 aromatic heterocycles. The van der Waals surface area contributed by atoms with Gasteiger partial charge in [-0.15, -0.1) is 0 Å². The molecule has 0 spiro atoms. The molecule has 94 valence electrons. The van der Waals surface area contributed by atoms with Gasteiger partial charge in [-0.2, -0.15) is 0 Å². The van der Waals surface area contributed by atoms with Crippen molar-refractivity contribution in [2.75, 3.05) is 0 Å². The Morgan fingerprint density at radius 1 is 1.22 bits per heavy atom. The zero-order valence-electron chi connectivity index (χ0n) is 10.2. The molecular formula is C14H15BrN2O. The van der Waals surface area contributed by atoms with Gasteiger partial charge in [0, 0.05) is 23.3 Å². The highest BCUT2D eigenvalue weighted by atomic mass is 79.9. The SMILES string of the molecule is Cc1ccc(O)c(CNCc2cccc(Br)c2)n1. The van der Waals surface area contributed by atoms with Gasteiger partial charge in [0.1, 0.15) is 5.75 Å². The topological polar surface area (TPSA) is 45.1 Å². The minimum absolute atomic E-state index is 0.238. The van der Waals surface area contributed by atoms with Crippen molar-refractivity contribution in [2.24, 2.45) is 0 Å². The number of benzene rings is 1. The molecule has 3 nitrogen and oxygen atoms in total. The Labute approximate surface area is 115 Å². The van der Waals surface area contributed by atoms with Crippen molar-refractivity contribution in [3.8, 4) is 5.75 Å². The maximum absolute atomic E-state index is 9.67. The Balaban J connectivity index is 1.94. The number of nitrogens with zero attached hydrogens (tertiary/aromatic N) is 1. The van der Waals surface area contributed by atoms with Gasteiger partial charge in [0.15, 0.2) is 0 Å². The van der Waals surface area contributed by atoms with Gasteiger partial charge in [-0.25, -0.2) is 0 Å². The second kappa shape index (κ2) is 5.98. The van der Waals surface area contributed by atoms with E-state index in [0.717, 1.165) is 16.7 Å². The third-order valence-corrected chi connectivity index (χ3v) is 3.09. The third kappa shape index (κ3) is 3.55. The van der Waals surface area contributed by atoms with Crippen molar-refractivity contribution in [1.82, 2.24) is 10.3 Å². The largest absolute Gasteiger partial charge is 0.506 e. The summed E-state index contributed by atoms with van der Waals surface area (Å²) in [4.78, 5) is 4.30. The summed E-state index contributed by atoms with van der Waals surface area (Å²) in [6, 6.07) is 11.6. The van der Waals surface area contributed by atoms with Crippen molar-refractivity contribution in [1.29, 1.82) is 0 Å². The maximum Gasteiger partial charge on any atom is 0.138 e. The van der Waals surface area contributed by atoms with E-state index in [0.29, 0.717) is 12.2 Å². The van der Waals surface area contributed by atoms with E-state index in [1.807, 2.05) is 19.1 Å². The minimum atomic E-state index is 0.238. The third-order valence-electron chi connectivity index (χ3n) is 2.60. The maximum atomic E-state index is 9.67. The second-order valence-electron chi connectivity index (χ2n) is 4.15. The van der Waals surface area contributed by atoms with Gasteiger partial charge in [0.25, 0.3) is 0 Å². The molecule has 0 unspecified atom stereocenters. The van der Waals surface area contributed by atoms with E-state index in [4.69, 9.17) is 0 Å². The molecule has 0 aliphatic heterocycles. The lowest BCUT2D eigenvalue weighted by Gasteiger charge is -2.07. The average molecular weight is 307 g/mol. The average Bonchev–Trinajstić information content (AvgIpc) is 2.34. The van der Waals surface area contributed by atoms with Crippen molar-refractivity contribution in [3.05, 3.63) is 57.8 Å². The van der Waals surface area contributed by atoms with E-state index < -0.39 is 0 Å². The van der Waals surface area contributed by atoms with Crippen LogP contribution in [-0.2, 0) is 13.1 Å². The number of pyridine rings is 1. The summed E-state index contributed by atoms with van der Waals surface area (Å²) < 4.78 is 1.07. The predicted octanol–water partition coefficient (Wildman–Crippen LogP) is 3.15. The quantitative estimate of drug-likeness (QED) is 0.912. The molecular weight excluding hydrogens is 292 g/mol. The summed E-state index contributed by atoms with van der Waals surface area (Å²) in [5.74, 6) is 0.238. The Bertz CT molecular complexity index is 543. The molecule has 4 heteroatoms. The fourth-order valence-corrected chi connectivity index (χ4v) is 2.15. The van der Waals surface area contributed by atoms with E-state index in [9.17, 15) is 5.11 Å². The van der Waals surface area contributed by atoms with Gasteiger partial charge in [0.2, 0.25) is 0 Å². The molecule has 0 amide bonds. The van der Waals surface area contributed by atoms with Crippen LogP contribution in [0.1, 0.15) is 17.0 Å². The summed E-state index contributed by atoms with van der Waals surface area (Å²) in [5, 5.41) is 12.9. The first-order valence-corrected chi connectivity index (χ1v) is 6.55. The molecule has 2 aromatic rings. The highest BCUT2D eigenvalue weighted by molar-refractivity contribution is 9.10. The lowest BCUT2D eigenvalue weighted by molar-refractivity contribution is 0.459. The minimum Gasteiger partial charge on any atom is -0.506 e. The number of aromatic nitrogens is 1. The second-order valence-corrected chi connectivity index (χ2v) is 5.07. The Hall–Kier alpha value is -1.39. The number of nitrogens with one attached hydrogen (secondary N) is 1. The van der Waals surface area contributed by atoms with E-state index >= 15 is 0 Å². The molecule has 1 aromatic carbocycles. The van der Waals surface area contributed by atoms with Crippen LogP contribution in [0.2, 0.25) is 0 Å². The summed E-state index contributed by atoms with van der Waals surface area (Å²) >= 11 is 3.44. The molecule has 0 bridgehead atoms. The number of rotatable bonds is 4. The number of aromatic hydroxyl groups is 1. The predicted molar refractivity (Wildman–Crippen MR) is 75.3 cm³/mol. The standard InChI is InChI=1S/C14H15BrN2O/c1-10-5-6-14(18)13(17-10)9-16-8-11-3-2-4-12(15)7-11/h2-7,16,18H,8-9H2,1H3. The molecule has 0 radical (unpaired) electrons. The smallest absolute Gasteiger partial charge is 0.138 e. The van der Waals surface area contributed by atoms with Crippen LogP contribution in [0.3, 0.4) is 0 Å². The first-order chi connectivity index (χ1) is 8.65. The Morgan fingerprint density at radius 2 is 2.06 bits per heavy atom. The highest BCUT2D eigenvalue weighted by Gasteiger charge is 2.02. The molecule has 0 fully saturated rings. The van der Waals surface area contributed by atoms with Crippen molar-refractivity contribution in [3.63, 3.8) is 0 Å². The Morgan fingerprint density at radius 3 is 2.83 bits per heavy atom. The van der Waals surface area contributed by atoms with E-state index in [-0.39, 0.29) is 5.75 Å². The summed E-state index contributed by atoms with van der Waals surface area (Å²) in [6.45, 7) is 3.21. The molecule has 2 rings (SSSR count). The number of halogens is 1. The number of hydrogen-bond donors (Lipinski definition) is 2. The first kappa shape index (κ1) is 13.1. The van der Waals surface area contributed by atoms with Crippen molar-refractivity contribution in [2.45, 2.75) is 20.0 Å². The summed E-state index contributed by atoms with van der Waals surface area (Å²) in [7, 11) is 0. The van der Waals surface area contributed by atoms with E-state index in [1.54, 1.807) is 12.1 Å². The zero-order chi connectivity index (χ0) is 13.0. The van der Waals surface area contributed by atoms with E-state index in [2.05, 4.69) is 38.4 Å². The van der Waals surface area contributed by atoms with Crippen LogP contribution in [0.4, 0.5) is 0 Å². The van der Waals surface area contributed by atoms with Crippen LogP contribution in [-0.4, -0.2) is 10.1 Å². The molecule has 1 heterocycles. The molecule has 0 saturated carbocycles. The molecule has 2 N–H and O–H groups in total. The van der Waals surface area contributed by atoms with Crippen molar-refractivity contribution >= 4 is 15.9 Å². The fourth-order valence-electron chi connectivity index (χ4n) is 1.71. The van der Waals surface area contributed by atoms with E-state index in [1.165, 1.54) is 5.56 Å². The van der Waals surface area contributed by atoms with Crippen LogP contribution in [0.5, 0.6) is 5.75 Å². The molecule has 0 saturated heterocycles. The fraction of sp³-hybridized carbons (Fsp3) is 0.214. The lowest BCUT2D eigenvalue weighted by Crippen LogP contribution is -2.14. The van der Waals surface area contributed by atoms with Crippen LogP contribution in [0.15, 0.2) is 40.9 Å². The van der Waals surface area contributed by atoms with Crippen LogP contribution in [0, 0.1) is 6.92 Å². The molecule has 0 aliphatic rings. The Kier molecular flexibility index (Phi) is 4.33.